The largest absolute Gasteiger partial charge is 0.326 e. The van der Waals surface area contributed by atoms with E-state index < -0.39 is 0 Å². The van der Waals surface area contributed by atoms with Crippen molar-refractivity contribution in [3.05, 3.63) is 0 Å². The first-order valence-electron chi connectivity index (χ1n) is 7.06. The summed E-state index contributed by atoms with van der Waals surface area (Å²) in [5.74, 6) is 0.837. The van der Waals surface area contributed by atoms with Gasteiger partial charge in [-0.2, -0.15) is 0 Å². The number of rotatable bonds is 10. The van der Waals surface area contributed by atoms with Crippen molar-refractivity contribution in [2.45, 2.75) is 58.9 Å². The lowest BCUT2D eigenvalue weighted by atomic mass is 10.0. The average Bonchev–Trinajstić information content (AvgIpc) is 2.25. The van der Waals surface area contributed by atoms with Crippen LogP contribution in [0.15, 0.2) is 0 Å². The molecule has 0 unspecified atom stereocenters. The van der Waals surface area contributed by atoms with Gasteiger partial charge in [0, 0.05) is 24.3 Å². The molecular formula is C14H30N2OS. The van der Waals surface area contributed by atoms with Crippen LogP contribution in [0.1, 0.15) is 53.4 Å². The smallest absolute Gasteiger partial charge is 0.190 e. The van der Waals surface area contributed by atoms with Gasteiger partial charge in [0.25, 0.3) is 0 Å². The van der Waals surface area contributed by atoms with E-state index in [4.69, 9.17) is 5.73 Å². The zero-order chi connectivity index (χ0) is 14.0. The molecule has 0 bridgehead atoms. The molecule has 0 aromatic rings. The zero-order valence-electron chi connectivity index (χ0n) is 12.5. The molecule has 0 aliphatic heterocycles. The molecule has 0 spiro atoms. The van der Waals surface area contributed by atoms with E-state index in [0.29, 0.717) is 11.5 Å². The molecule has 0 aliphatic rings. The van der Waals surface area contributed by atoms with Crippen molar-refractivity contribution < 1.29 is 4.79 Å². The summed E-state index contributed by atoms with van der Waals surface area (Å²) in [6, 6.07) is 0. The summed E-state index contributed by atoms with van der Waals surface area (Å²) in [4.78, 5) is 14.1. The molecule has 0 heterocycles. The van der Waals surface area contributed by atoms with Crippen molar-refractivity contribution in [3.63, 3.8) is 0 Å². The third-order valence-electron chi connectivity index (χ3n) is 2.72. The van der Waals surface area contributed by atoms with Gasteiger partial charge >= 0.3 is 0 Å². The quantitative estimate of drug-likeness (QED) is 0.665. The molecule has 3 nitrogen and oxygen atoms in total. The number of hydrogen-bond acceptors (Lipinski definition) is 4. The third kappa shape index (κ3) is 11.1. The van der Waals surface area contributed by atoms with E-state index in [-0.39, 0.29) is 5.54 Å². The minimum absolute atomic E-state index is 0.163. The molecule has 0 saturated heterocycles. The van der Waals surface area contributed by atoms with Crippen LogP contribution < -0.4 is 5.73 Å². The molecule has 0 atom stereocenters. The fourth-order valence-electron chi connectivity index (χ4n) is 1.72. The Labute approximate surface area is 117 Å². The van der Waals surface area contributed by atoms with Gasteiger partial charge in [-0.15, -0.1) is 0 Å². The van der Waals surface area contributed by atoms with Gasteiger partial charge < -0.3 is 10.6 Å². The van der Waals surface area contributed by atoms with E-state index >= 15 is 0 Å². The third-order valence-corrected chi connectivity index (χ3v) is 3.66. The van der Waals surface area contributed by atoms with Crippen molar-refractivity contribution in [1.29, 1.82) is 0 Å². The molecule has 18 heavy (non-hydrogen) atoms. The number of nitrogens with two attached hydrogens (primary N) is 1. The van der Waals surface area contributed by atoms with Crippen LogP contribution in [0.3, 0.4) is 0 Å². The fourth-order valence-corrected chi connectivity index (χ4v) is 2.81. The Balaban J connectivity index is 3.73. The lowest BCUT2D eigenvalue weighted by molar-refractivity contribution is -0.111. The van der Waals surface area contributed by atoms with Crippen molar-refractivity contribution in [3.8, 4) is 0 Å². The van der Waals surface area contributed by atoms with E-state index in [0.717, 1.165) is 44.6 Å². The maximum absolute atomic E-state index is 11.7. The van der Waals surface area contributed by atoms with Crippen LogP contribution in [0.25, 0.3) is 0 Å². The Morgan fingerprint density at radius 3 is 2.17 bits per heavy atom. The van der Waals surface area contributed by atoms with Crippen molar-refractivity contribution in [2.24, 2.45) is 5.73 Å². The second kappa shape index (κ2) is 9.82. The van der Waals surface area contributed by atoms with Crippen LogP contribution in [-0.4, -0.2) is 40.9 Å². The molecule has 2 N–H and O–H groups in total. The zero-order valence-corrected chi connectivity index (χ0v) is 13.3. The van der Waals surface area contributed by atoms with Crippen LogP contribution in [0.2, 0.25) is 0 Å². The second-order valence-corrected chi connectivity index (χ2v) is 6.70. The topological polar surface area (TPSA) is 46.3 Å². The minimum Gasteiger partial charge on any atom is -0.326 e. The highest BCUT2D eigenvalue weighted by Gasteiger charge is 2.12. The molecule has 0 radical (unpaired) electrons. The molecule has 0 aromatic carbocycles. The van der Waals surface area contributed by atoms with Gasteiger partial charge in [-0.05, 0) is 46.2 Å². The van der Waals surface area contributed by atoms with Gasteiger partial charge in [-0.1, -0.05) is 25.6 Å². The molecular weight excluding hydrogens is 244 g/mol. The molecule has 4 heteroatoms. The molecule has 0 rings (SSSR count). The molecule has 0 saturated carbocycles. The van der Waals surface area contributed by atoms with E-state index in [1.54, 1.807) is 0 Å². The molecule has 0 aromatic heterocycles. The van der Waals surface area contributed by atoms with Gasteiger partial charge in [-0.25, -0.2) is 0 Å². The highest BCUT2D eigenvalue weighted by molar-refractivity contribution is 8.13. The van der Waals surface area contributed by atoms with Gasteiger partial charge in [-0.3, -0.25) is 4.79 Å². The summed E-state index contributed by atoms with van der Waals surface area (Å²) >= 11 is 1.44. The average molecular weight is 274 g/mol. The minimum atomic E-state index is -0.163. The molecule has 0 aliphatic carbocycles. The summed E-state index contributed by atoms with van der Waals surface area (Å²) in [7, 11) is 0. The highest BCUT2D eigenvalue weighted by Crippen LogP contribution is 2.13. The summed E-state index contributed by atoms with van der Waals surface area (Å²) in [6.45, 7) is 11.5. The molecule has 0 fully saturated rings. The maximum atomic E-state index is 11.7. The monoisotopic (exact) mass is 274 g/mol. The highest BCUT2D eigenvalue weighted by atomic mass is 32.2. The van der Waals surface area contributed by atoms with Crippen molar-refractivity contribution in [1.82, 2.24) is 4.90 Å². The van der Waals surface area contributed by atoms with Crippen LogP contribution in [0, 0.1) is 0 Å². The lowest BCUT2D eigenvalue weighted by Gasteiger charge is -2.20. The summed E-state index contributed by atoms with van der Waals surface area (Å²) in [5.41, 5.74) is 5.73. The Morgan fingerprint density at radius 2 is 1.72 bits per heavy atom. The predicted molar refractivity (Wildman–Crippen MR) is 82.0 cm³/mol. The lowest BCUT2D eigenvalue weighted by Crippen LogP contribution is -2.32. The molecule has 108 valence electrons. The van der Waals surface area contributed by atoms with Crippen LogP contribution in [-0.2, 0) is 4.79 Å². The summed E-state index contributed by atoms with van der Waals surface area (Å²) < 4.78 is 0. The summed E-state index contributed by atoms with van der Waals surface area (Å²) in [6.07, 6.45) is 3.86. The number of nitrogens with zero attached hydrogens (tertiary/aromatic N) is 1. The number of carbonyl (C=O) groups is 1. The number of thioether (sulfide) groups is 1. The Bertz CT molecular complexity index is 220. The van der Waals surface area contributed by atoms with E-state index in [1.807, 2.05) is 13.8 Å². The Hall–Kier alpha value is -0.0600. The first-order valence-corrected chi connectivity index (χ1v) is 8.04. The molecule has 0 amide bonds. The van der Waals surface area contributed by atoms with E-state index in [1.165, 1.54) is 11.8 Å². The summed E-state index contributed by atoms with van der Waals surface area (Å²) in [5, 5.41) is 0.302. The van der Waals surface area contributed by atoms with Gasteiger partial charge in [0.2, 0.25) is 0 Å². The first-order chi connectivity index (χ1) is 8.39. The second-order valence-electron chi connectivity index (χ2n) is 5.55. The fraction of sp³-hybridized carbons (Fsp3) is 0.929. The van der Waals surface area contributed by atoms with E-state index in [2.05, 4.69) is 18.7 Å². The number of carbonyl (C=O) groups excluding carboxylic acids is 1. The van der Waals surface area contributed by atoms with Crippen LogP contribution in [0.4, 0.5) is 0 Å². The standard InChI is InChI=1S/C14H30N2OS/c1-5-9-16(10-6-2)11-7-13(17)18-12-8-14(3,4)15/h5-12,15H2,1-4H3. The van der Waals surface area contributed by atoms with E-state index in [9.17, 15) is 4.79 Å². The predicted octanol–water partition coefficient (Wildman–Crippen LogP) is 2.89. The SMILES string of the molecule is CCCN(CCC)CCC(=O)SCCC(C)(C)N. The van der Waals surface area contributed by atoms with Gasteiger partial charge in [0.1, 0.15) is 0 Å². The van der Waals surface area contributed by atoms with Gasteiger partial charge in [0.05, 0.1) is 0 Å². The Kier molecular flexibility index (Phi) is 9.78. The van der Waals surface area contributed by atoms with Gasteiger partial charge in [0.15, 0.2) is 5.12 Å². The first kappa shape index (κ1) is 17.9. The van der Waals surface area contributed by atoms with Crippen LogP contribution >= 0.6 is 11.8 Å². The maximum Gasteiger partial charge on any atom is 0.190 e. The number of hydrogen-bond donors (Lipinski definition) is 1. The normalized spacial score (nSPS) is 12.1. The van der Waals surface area contributed by atoms with Crippen LogP contribution in [0.5, 0.6) is 0 Å². The Morgan fingerprint density at radius 1 is 1.17 bits per heavy atom. The van der Waals surface area contributed by atoms with Crippen molar-refractivity contribution >= 4 is 16.9 Å². The van der Waals surface area contributed by atoms with Crippen molar-refractivity contribution in [2.75, 3.05) is 25.4 Å².